The van der Waals surface area contributed by atoms with Gasteiger partial charge in [0.05, 0.1) is 12.1 Å². The summed E-state index contributed by atoms with van der Waals surface area (Å²) in [6.07, 6.45) is 5.39. The van der Waals surface area contributed by atoms with Crippen LogP contribution in [0.4, 0.5) is 8.78 Å². The summed E-state index contributed by atoms with van der Waals surface area (Å²) in [7, 11) is 0. The molecule has 2 aromatic rings. The molecule has 10 heteroatoms. The molecule has 1 saturated heterocycles. The molecule has 33 heavy (non-hydrogen) atoms. The molecule has 1 spiro atoms. The van der Waals surface area contributed by atoms with Gasteiger partial charge < -0.3 is 24.6 Å². The van der Waals surface area contributed by atoms with Crippen molar-refractivity contribution in [3.05, 3.63) is 63.1 Å². The summed E-state index contributed by atoms with van der Waals surface area (Å²) in [4.78, 5) is 39.9. The Hall–Kier alpha value is -3.27. The van der Waals surface area contributed by atoms with E-state index in [1.807, 2.05) is 0 Å². The normalized spacial score (nSPS) is 21.1. The van der Waals surface area contributed by atoms with Crippen molar-refractivity contribution in [3.63, 3.8) is 0 Å². The number of ether oxygens (including phenoxy) is 1. The van der Waals surface area contributed by atoms with E-state index < -0.39 is 40.9 Å². The monoisotopic (exact) mass is 459 g/mol. The highest BCUT2D eigenvalue weighted by Crippen LogP contribution is 2.42. The van der Waals surface area contributed by atoms with Crippen LogP contribution in [-0.4, -0.2) is 44.8 Å². The van der Waals surface area contributed by atoms with E-state index in [0.717, 1.165) is 31.7 Å². The predicted molar refractivity (Wildman–Crippen MR) is 112 cm³/mol. The fourth-order valence-electron chi connectivity index (χ4n) is 5.05. The van der Waals surface area contributed by atoms with Crippen molar-refractivity contribution in [3.8, 4) is 5.75 Å². The Bertz CT molecular complexity index is 1210. The lowest BCUT2D eigenvalue weighted by atomic mass is 9.94. The van der Waals surface area contributed by atoms with Gasteiger partial charge >= 0.3 is 0 Å². The van der Waals surface area contributed by atoms with Crippen LogP contribution in [0.2, 0.25) is 0 Å². The average Bonchev–Trinajstić information content (AvgIpc) is 3.22. The second-order valence-corrected chi connectivity index (χ2v) is 8.85. The predicted octanol–water partition coefficient (Wildman–Crippen LogP) is 2.28. The number of nitrogens with zero attached hydrogens (tertiary/aromatic N) is 2. The number of hydrogen-bond acceptors (Lipinski definition) is 5. The lowest BCUT2D eigenvalue weighted by molar-refractivity contribution is -0.187. The van der Waals surface area contributed by atoms with Gasteiger partial charge in [0, 0.05) is 30.9 Å². The molecule has 0 bridgehead atoms. The van der Waals surface area contributed by atoms with Crippen LogP contribution in [0.5, 0.6) is 5.75 Å². The maximum Gasteiger partial charge on any atom is 0.276 e. The molecule has 1 aliphatic carbocycles. The maximum absolute atomic E-state index is 13.8. The molecule has 1 aromatic heterocycles. The number of hydrogen-bond donors (Lipinski definition) is 2. The molecule has 1 atom stereocenters. The number of halogens is 2. The summed E-state index contributed by atoms with van der Waals surface area (Å²) in [5.74, 6) is -3.75. The first-order valence-electron chi connectivity index (χ1n) is 11.0. The minimum Gasteiger partial charge on any atom is -0.503 e. The molecule has 2 amide bonds. The lowest BCUT2D eigenvalue weighted by Crippen LogP contribution is -2.58. The van der Waals surface area contributed by atoms with Crippen molar-refractivity contribution >= 4 is 11.8 Å². The van der Waals surface area contributed by atoms with Crippen LogP contribution in [-0.2, 0) is 17.8 Å². The molecule has 2 aliphatic heterocycles. The van der Waals surface area contributed by atoms with Crippen LogP contribution in [0, 0.1) is 11.6 Å². The van der Waals surface area contributed by atoms with E-state index in [1.54, 1.807) is 0 Å². The largest absolute Gasteiger partial charge is 0.503 e. The highest BCUT2D eigenvalue weighted by Gasteiger charge is 2.47. The minimum absolute atomic E-state index is 0.0373. The van der Waals surface area contributed by atoms with E-state index in [9.17, 15) is 28.3 Å². The molecule has 0 radical (unpaired) electrons. The topological polar surface area (TPSA) is 101 Å². The van der Waals surface area contributed by atoms with Gasteiger partial charge in [0.2, 0.25) is 5.43 Å². The van der Waals surface area contributed by atoms with Gasteiger partial charge in [0.1, 0.15) is 17.2 Å². The Morgan fingerprint density at radius 3 is 2.70 bits per heavy atom. The quantitative estimate of drug-likeness (QED) is 0.734. The van der Waals surface area contributed by atoms with Gasteiger partial charge in [0.25, 0.3) is 11.8 Å². The summed E-state index contributed by atoms with van der Waals surface area (Å²) in [5.41, 5.74) is -1.76. The Kier molecular flexibility index (Phi) is 5.19. The zero-order chi connectivity index (χ0) is 23.3. The molecular weight excluding hydrogens is 436 g/mol. The highest BCUT2D eigenvalue weighted by molar-refractivity contribution is 5.99. The number of aromatic hydroxyl groups is 1. The number of rotatable bonds is 3. The van der Waals surface area contributed by atoms with Crippen LogP contribution < -0.4 is 10.7 Å². The summed E-state index contributed by atoms with van der Waals surface area (Å²) >= 11 is 0. The summed E-state index contributed by atoms with van der Waals surface area (Å²) in [6.45, 7) is 0.361. The van der Waals surface area contributed by atoms with Gasteiger partial charge in [0.15, 0.2) is 17.7 Å². The zero-order valence-electron chi connectivity index (χ0n) is 17.8. The van der Waals surface area contributed by atoms with Crippen molar-refractivity contribution in [1.82, 2.24) is 14.8 Å². The molecule has 3 heterocycles. The molecule has 3 aliphatic rings. The van der Waals surface area contributed by atoms with Crippen LogP contribution >= 0.6 is 0 Å². The molecule has 8 nitrogen and oxygen atoms in total. The third-order valence-corrected chi connectivity index (χ3v) is 6.83. The number of aromatic nitrogens is 1. The molecule has 2 N–H and O–H groups in total. The molecule has 1 unspecified atom stereocenters. The third kappa shape index (κ3) is 3.68. The number of pyridine rings is 1. The molecule has 174 valence electrons. The number of fused-ring (bicyclic) bond motifs is 2. The van der Waals surface area contributed by atoms with Gasteiger partial charge in [-0.2, -0.15) is 0 Å². The number of carbonyl (C=O) groups excluding carboxylic acids is 2. The third-order valence-electron chi connectivity index (χ3n) is 6.83. The Morgan fingerprint density at radius 1 is 1.21 bits per heavy atom. The molecule has 5 rings (SSSR count). The summed E-state index contributed by atoms with van der Waals surface area (Å²) in [6, 6.07) is 2.94. The summed E-state index contributed by atoms with van der Waals surface area (Å²) in [5, 5.41) is 12.9. The molecule has 2 fully saturated rings. The van der Waals surface area contributed by atoms with Crippen LogP contribution in [0.1, 0.15) is 58.5 Å². The van der Waals surface area contributed by atoms with E-state index in [-0.39, 0.29) is 35.5 Å². The van der Waals surface area contributed by atoms with Gasteiger partial charge in [-0.3, -0.25) is 14.4 Å². The fraction of sp³-hybridized carbons (Fsp3) is 0.435. The minimum atomic E-state index is -0.990. The van der Waals surface area contributed by atoms with Crippen LogP contribution in [0.25, 0.3) is 0 Å². The average molecular weight is 459 g/mol. The molecule has 1 saturated carbocycles. The molecule has 1 aromatic carbocycles. The van der Waals surface area contributed by atoms with E-state index in [0.29, 0.717) is 19.0 Å². The fourth-order valence-corrected chi connectivity index (χ4v) is 5.05. The smallest absolute Gasteiger partial charge is 0.276 e. The Morgan fingerprint density at radius 2 is 1.97 bits per heavy atom. The van der Waals surface area contributed by atoms with Gasteiger partial charge in [-0.25, -0.2) is 8.78 Å². The van der Waals surface area contributed by atoms with E-state index in [1.165, 1.54) is 21.7 Å². The van der Waals surface area contributed by atoms with Crippen molar-refractivity contribution in [2.75, 3.05) is 6.54 Å². The van der Waals surface area contributed by atoms with Crippen LogP contribution in [0.3, 0.4) is 0 Å². The van der Waals surface area contributed by atoms with Gasteiger partial charge in [-0.15, -0.1) is 0 Å². The standard InChI is InChI=1S/C23H23F2N3O5/c24-14-4-3-13(16(25)9-14)10-26-21(31)15-11-27-12-17-28(22(32)18(27)20(30)19(15)29)8-7-23(33-17)5-1-2-6-23/h3-4,9,11,17,30H,1-2,5-8,10,12H2,(H,26,31). The maximum atomic E-state index is 13.8. The molecular formula is C23H23F2N3O5. The van der Waals surface area contributed by atoms with E-state index in [4.69, 9.17) is 4.74 Å². The first-order valence-corrected chi connectivity index (χ1v) is 11.0. The zero-order valence-corrected chi connectivity index (χ0v) is 17.8. The van der Waals surface area contributed by atoms with Crippen molar-refractivity contribution in [1.29, 1.82) is 0 Å². The van der Waals surface area contributed by atoms with Crippen molar-refractivity contribution in [2.45, 2.75) is 57.0 Å². The number of amides is 2. The SMILES string of the molecule is O=C(NCc1ccc(F)cc1F)c1cn2c(c(O)c1=O)C(=O)N1CCC3(CCCC3)OC1C2. The number of nitrogens with one attached hydrogen (secondary N) is 1. The number of carbonyl (C=O) groups is 2. The lowest BCUT2D eigenvalue weighted by Gasteiger charge is -2.47. The van der Waals surface area contributed by atoms with Crippen molar-refractivity contribution < 1.29 is 28.2 Å². The van der Waals surface area contributed by atoms with E-state index in [2.05, 4.69) is 5.32 Å². The summed E-state index contributed by atoms with van der Waals surface area (Å²) < 4.78 is 34.6. The highest BCUT2D eigenvalue weighted by atomic mass is 19.1. The van der Waals surface area contributed by atoms with Crippen molar-refractivity contribution in [2.24, 2.45) is 0 Å². The Labute approximate surface area is 187 Å². The Balaban J connectivity index is 1.41. The van der Waals surface area contributed by atoms with Gasteiger partial charge in [-0.1, -0.05) is 18.9 Å². The second kappa shape index (κ2) is 7.95. The van der Waals surface area contributed by atoms with E-state index >= 15 is 0 Å². The first-order chi connectivity index (χ1) is 15.8. The second-order valence-electron chi connectivity index (χ2n) is 8.85. The first kappa shape index (κ1) is 21.6. The number of benzene rings is 1. The van der Waals surface area contributed by atoms with Crippen LogP contribution in [0.15, 0.2) is 29.2 Å². The van der Waals surface area contributed by atoms with Gasteiger partial charge in [-0.05, 0) is 25.3 Å².